The van der Waals surface area contributed by atoms with Crippen LogP contribution in [0.1, 0.15) is 36.2 Å². The lowest BCUT2D eigenvalue weighted by Crippen LogP contribution is -2.35. The highest BCUT2D eigenvalue weighted by Gasteiger charge is 2.12. The molecule has 5 heteroatoms. The second-order valence-electron chi connectivity index (χ2n) is 7.60. The maximum Gasteiger partial charge on any atom is 0.255 e. The first-order valence-electron chi connectivity index (χ1n) is 10.0. The van der Waals surface area contributed by atoms with Gasteiger partial charge in [-0.25, -0.2) is 0 Å². The Balaban J connectivity index is 1.54. The molecule has 0 radical (unpaired) electrons. The maximum atomic E-state index is 12.6. The van der Waals surface area contributed by atoms with Crippen molar-refractivity contribution in [2.45, 2.75) is 26.8 Å². The molecule has 2 aromatic rings. The van der Waals surface area contributed by atoms with E-state index in [4.69, 9.17) is 9.47 Å². The van der Waals surface area contributed by atoms with Gasteiger partial charge >= 0.3 is 0 Å². The minimum Gasteiger partial charge on any atom is -0.494 e. The second kappa shape index (κ2) is 10.2. The van der Waals surface area contributed by atoms with Crippen molar-refractivity contribution in [3.63, 3.8) is 0 Å². The van der Waals surface area contributed by atoms with Crippen molar-refractivity contribution >= 4 is 11.6 Å². The molecule has 0 aliphatic carbocycles. The zero-order valence-electron chi connectivity index (χ0n) is 16.8. The number of anilines is 1. The number of nitrogens with one attached hydrogen (secondary N) is 1. The minimum absolute atomic E-state index is 0.114. The van der Waals surface area contributed by atoms with Crippen LogP contribution < -0.4 is 10.1 Å². The molecule has 1 aliphatic rings. The van der Waals surface area contributed by atoms with Gasteiger partial charge < -0.3 is 14.8 Å². The van der Waals surface area contributed by atoms with Gasteiger partial charge in [0, 0.05) is 30.9 Å². The molecule has 0 unspecified atom stereocenters. The highest BCUT2D eigenvalue weighted by atomic mass is 16.5. The number of hydrogen-bond acceptors (Lipinski definition) is 4. The van der Waals surface area contributed by atoms with Crippen LogP contribution in [0.25, 0.3) is 0 Å². The molecule has 1 N–H and O–H groups in total. The Morgan fingerprint density at radius 3 is 2.61 bits per heavy atom. The predicted molar refractivity (Wildman–Crippen MR) is 112 cm³/mol. The summed E-state index contributed by atoms with van der Waals surface area (Å²) in [4.78, 5) is 14.9. The molecule has 0 saturated carbocycles. The van der Waals surface area contributed by atoms with Gasteiger partial charge in [0.2, 0.25) is 0 Å². The van der Waals surface area contributed by atoms with Crippen molar-refractivity contribution in [2.75, 3.05) is 38.2 Å². The first-order valence-corrected chi connectivity index (χ1v) is 10.0. The van der Waals surface area contributed by atoms with E-state index in [1.165, 1.54) is 5.56 Å². The summed E-state index contributed by atoms with van der Waals surface area (Å²) in [5.41, 5.74) is 2.62. The molecule has 0 spiro atoms. The first kappa shape index (κ1) is 20.4. The highest BCUT2D eigenvalue weighted by molar-refractivity contribution is 6.04. The fourth-order valence-electron chi connectivity index (χ4n) is 3.08. The van der Waals surface area contributed by atoms with Gasteiger partial charge in [-0.3, -0.25) is 9.69 Å². The molecule has 1 saturated heterocycles. The molecule has 1 heterocycles. The lowest BCUT2D eigenvalue weighted by molar-refractivity contribution is 0.0342. The summed E-state index contributed by atoms with van der Waals surface area (Å²) in [6.45, 7) is 9.37. The number of carbonyl (C=O) groups excluding carboxylic acids is 1. The number of carbonyl (C=O) groups is 1. The molecule has 0 atom stereocenters. The van der Waals surface area contributed by atoms with Crippen molar-refractivity contribution in [3.8, 4) is 5.75 Å². The SMILES string of the molecule is CC(C)CCOc1ccc(C(=O)Nc2cccc(CN3CCOCC3)c2)cc1. The van der Waals surface area contributed by atoms with Crippen molar-refractivity contribution in [1.82, 2.24) is 4.90 Å². The van der Waals surface area contributed by atoms with Gasteiger partial charge in [-0.2, -0.15) is 0 Å². The molecule has 0 aromatic heterocycles. The van der Waals surface area contributed by atoms with Crippen LogP contribution in [-0.4, -0.2) is 43.7 Å². The van der Waals surface area contributed by atoms with Crippen LogP contribution in [0.3, 0.4) is 0 Å². The van der Waals surface area contributed by atoms with E-state index in [2.05, 4.69) is 30.1 Å². The second-order valence-corrected chi connectivity index (χ2v) is 7.60. The van der Waals surface area contributed by atoms with Crippen LogP contribution in [0.15, 0.2) is 48.5 Å². The monoisotopic (exact) mass is 382 g/mol. The van der Waals surface area contributed by atoms with Gasteiger partial charge in [0.15, 0.2) is 0 Å². The quantitative estimate of drug-likeness (QED) is 0.744. The van der Waals surface area contributed by atoms with Crippen molar-refractivity contribution in [3.05, 3.63) is 59.7 Å². The number of ether oxygens (including phenoxy) is 2. The van der Waals surface area contributed by atoms with E-state index in [1.807, 2.05) is 30.3 Å². The number of hydrogen-bond donors (Lipinski definition) is 1. The molecule has 150 valence electrons. The van der Waals surface area contributed by atoms with E-state index in [-0.39, 0.29) is 5.91 Å². The van der Waals surface area contributed by atoms with E-state index in [1.54, 1.807) is 12.1 Å². The average Bonchev–Trinajstić information content (AvgIpc) is 2.69. The summed E-state index contributed by atoms with van der Waals surface area (Å²) in [5.74, 6) is 1.30. The zero-order chi connectivity index (χ0) is 19.8. The third-order valence-electron chi connectivity index (χ3n) is 4.78. The Labute approximate surface area is 167 Å². The van der Waals surface area contributed by atoms with Crippen molar-refractivity contribution in [1.29, 1.82) is 0 Å². The fourth-order valence-corrected chi connectivity index (χ4v) is 3.08. The molecule has 28 heavy (non-hydrogen) atoms. The van der Waals surface area contributed by atoms with E-state index in [9.17, 15) is 4.79 Å². The van der Waals surface area contributed by atoms with E-state index >= 15 is 0 Å². The fraction of sp³-hybridized carbons (Fsp3) is 0.435. The normalized spacial score (nSPS) is 14.8. The Hall–Kier alpha value is -2.37. The smallest absolute Gasteiger partial charge is 0.255 e. The van der Waals surface area contributed by atoms with Crippen molar-refractivity contribution < 1.29 is 14.3 Å². The van der Waals surface area contributed by atoms with Gasteiger partial charge in [-0.1, -0.05) is 26.0 Å². The van der Waals surface area contributed by atoms with E-state index < -0.39 is 0 Å². The number of rotatable bonds is 8. The molecule has 3 rings (SSSR count). The maximum absolute atomic E-state index is 12.6. The molecule has 0 bridgehead atoms. The Morgan fingerprint density at radius 1 is 1.14 bits per heavy atom. The lowest BCUT2D eigenvalue weighted by Gasteiger charge is -2.26. The first-order chi connectivity index (χ1) is 13.6. The van der Waals surface area contributed by atoms with Crippen LogP contribution in [0.4, 0.5) is 5.69 Å². The number of amides is 1. The average molecular weight is 383 g/mol. The van der Waals surface area contributed by atoms with Crippen LogP contribution in [0.5, 0.6) is 5.75 Å². The van der Waals surface area contributed by atoms with E-state index in [0.717, 1.165) is 50.7 Å². The standard InChI is InChI=1S/C23H30N2O3/c1-18(2)10-13-28-22-8-6-20(7-9-22)23(26)24-21-5-3-4-19(16-21)17-25-11-14-27-15-12-25/h3-9,16,18H,10-15,17H2,1-2H3,(H,24,26). The molecule has 1 amide bonds. The summed E-state index contributed by atoms with van der Waals surface area (Å²) >= 11 is 0. The third-order valence-corrected chi connectivity index (χ3v) is 4.78. The highest BCUT2D eigenvalue weighted by Crippen LogP contribution is 2.17. The molecule has 1 aliphatic heterocycles. The van der Waals surface area contributed by atoms with Gasteiger partial charge in [0.05, 0.1) is 19.8 Å². The molecular formula is C23H30N2O3. The Bertz CT molecular complexity index is 753. The minimum atomic E-state index is -0.114. The summed E-state index contributed by atoms with van der Waals surface area (Å²) < 4.78 is 11.1. The van der Waals surface area contributed by atoms with Crippen LogP contribution in [0.2, 0.25) is 0 Å². The number of morpholine rings is 1. The van der Waals surface area contributed by atoms with Gasteiger partial charge in [-0.15, -0.1) is 0 Å². The summed E-state index contributed by atoms with van der Waals surface area (Å²) in [6.07, 6.45) is 1.02. The number of nitrogens with zero attached hydrogens (tertiary/aromatic N) is 1. The summed E-state index contributed by atoms with van der Waals surface area (Å²) in [5, 5.41) is 2.99. The van der Waals surface area contributed by atoms with Gasteiger partial charge in [-0.05, 0) is 54.3 Å². The van der Waals surface area contributed by atoms with Crippen LogP contribution in [-0.2, 0) is 11.3 Å². The zero-order valence-corrected chi connectivity index (χ0v) is 16.8. The predicted octanol–water partition coefficient (Wildman–Crippen LogP) is 4.20. The van der Waals surface area contributed by atoms with Crippen LogP contribution in [0, 0.1) is 5.92 Å². The molecule has 2 aromatic carbocycles. The van der Waals surface area contributed by atoms with Gasteiger partial charge in [0.1, 0.15) is 5.75 Å². The molecule has 5 nitrogen and oxygen atoms in total. The molecular weight excluding hydrogens is 352 g/mol. The largest absolute Gasteiger partial charge is 0.494 e. The Kier molecular flexibility index (Phi) is 7.46. The Morgan fingerprint density at radius 2 is 1.89 bits per heavy atom. The van der Waals surface area contributed by atoms with Crippen molar-refractivity contribution in [2.24, 2.45) is 5.92 Å². The van der Waals surface area contributed by atoms with Gasteiger partial charge in [0.25, 0.3) is 5.91 Å². The topological polar surface area (TPSA) is 50.8 Å². The van der Waals surface area contributed by atoms with E-state index in [0.29, 0.717) is 18.1 Å². The van der Waals surface area contributed by atoms with Crippen LogP contribution >= 0.6 is 0 Å². The third kappa shape index (κ3) is 6.36. The lowest BCUT2D eigenvalue weighted by atomic mass is 10.1. The summed E-state index contributed by atoms with van der Waals surface area (Å²) in [7, 11) is 0. The molecule has 1 fully saturated rings. The summed E-state index contributed by atoms with van der Waals surface area (Å²) in [6, 6.07) is 15.3. The number of benzene rings is 2.